The summed E-state index contributed by atoms with van der Waals surface area (Å²) in [5.41, 5.74) is 17.6. The molecule has 0 unspecified atom stereocenters. The van der Waals surface area contributed by atoms with Crippen LogP contribution in [0.25, 0.3) is 56.3 Å². The summed E-state index contributed by atoms with van der Waals surface area (Å²) >= 11 is 3.28. The number of benzene rings is 6. The van der Waals surface area contributed by atoms with Gasteiger partial charge in [0.1, 0.15) is 5.01 Å². The number of aliphatic carboxylic acids is 2. The predicted molar refractivity (Wildman–Crippen MR) is 265 cm³/mol. The summed E-state index contributed by atoms with van der Waals surface area (Å²) in [6.07, 6.45) is 9.85. The van der Waals surface area contributed by atoms with E-state index in [1.807, 2.05) is 48.1 Å². The second-order valence-corrected chi connectivity index (χ2v) is 16.9. The first-order valence-corrected chi connectivity index (χ1v) is 22.7. The van der Waals surface area contributed by atoms with Crippen molar-refractivity contribution in [3.05, 3.63) is 236 Å². The molecule has 0 amide bonds. The molecule has 8 rings (SSSR count). The molecule has 6 aromatic carbocycles. The summed E-state index contributed by atoms with van der Waals surface area (Å²) < 4.78 is 0. The van der Waals surface area contributed by atoms with E-state index in [1.54, 1.807) is 34.8 Å². The zero-order valence-corrected chi connectivity index (χ0v) is 36.7. The van der Waals surface area contributed by atoms with Crippen LogP contribution < -0.4 is 0 Å². The fraction of sp³-hybridized carbons (Fsp3) is 0.0714. The van der Waals surface area contributed by atoms with E-state index in [1.165, 1.54) is 11.1 Å². The van der Waals surface area contributed by atoms with Gasteiger partial charge in [-0.15, -0.1) is 22.7 Å². The Labute approximate surface area is 381 Å². The number of allylic oxidation sites excluding steroid dienone is 2. The maximum Gasteiger partial charge on any atom is 0.328 e. The van der Waals surface area contributed by atoms with E-state index in [4.69, 9.17) is 4.98 Å². The Hall–Kier alpha value is -7.52. The molecule has 0 fully saturated rings. The first-order chi connectivity index (χ1) is 31.3. The number of rotatable bonds is 16. The van der Waals surface area contributed by atoms with Gasteiger partial charge in [0.15, 0.2) is 0 Å². The Balaban J connectivity index is 1.17. The zero-order valence-electron chi connectivity index (χ0n) is 35.1. The van der Waals surface area contributed by atoms with Crippen LogP contribution in [0.2, 0.25) is 0 Å². The van der Waals surface area contributed by atoms with Gasteiger partial charge in [0.2, 0.25) is 0 Å². The second-order valence-electron chi connectivity index (χ2n) is 15.0. The summed E-state index contributed by atoms with van der Waals surface area (Å²) in [6.45, 7) is 2.18. The second kappa shape index (κ2) is 20.6. The maximum absolute atomic E-state index is 11.3. The largest absolute Gasteiger partial charge is 0.478 e. The van der Waals surface area contributed by atoms with Gasteiger partial charge in [-0.1, -0.05) is 153 Å². The zero-order chi connectivity index (χ0) is 44.3. The van der Waals surface area contributed by atoms with Crippen LogP contribution in [0.4, 0.5) is 0 Å². The maximum atomic E-state index is 11.3. The van der Waals surface area contributed by atoms with Crippen molar-refractivity contribution < 1.29 is 19.8 Å². The van der Waals surface area contributed by atoms with Crippen molar-refractivity contribution in [1.29, 1.82) is 0 Å². The molecular formula is C56H44N2O4S2. The third-order valence-corrected chi connectivity index (χ3v) is 12.6. The lowest BCUT2D eigenvalue weighted by Gasteiger charge is -2.18. The number of hydrogen-bond donors (Lipinski definition) is 2. The topological polar surface area (TPSA) is 100 Å². The van der Waals surface area contributed by atoms with E-state index >= 15 is 0 Å². The predicted octanol–water partition coefficient (Wildman–Crippen LogP) is 14.1. The van der Waals surface area contributed by atoms with Crippen molar-refractivity contribution in [1.82, 2.24) is 9.97 Å². The fourth-order valence-corrected chi connectivity index (χ4v) is 9.38. The van der Waals surface area contributed by atoms with Crippen molar-refractivity contribution in [2.24, 2.45) is 0 Å². The van der Waals surface area contributed by atoms with Crippen LogP contribution in [0.5, 0.6) is 0 Å². The first-order valence-electron chi connectivity index (χ1n) is 21.0. The monoisotopic (exact) mass is 872 g/mol. The van der Waals surface area contributed by atoms with Gasteiger partial charge in [0.25, 0.3) is 0 Å². The lowest BCUT2D eigenvalue weighted by molar-refractivity contribution is -0.132. The smallest absolute Gasteiger partial charge is 0.328 e. The number of carboxylic acid groups (broad SMARTS) is 2. The van der Waals surface area contributed by atoms with Crippen LogP contribution >= 0.6 is 22.7 Å². The highest BCUT2D eigenvalue weighted by Gasteiger charge is 2.18. The SMILES string of the molecule is CCC(=C(c1ccc(C=CC(=O)O)cc1)c1cccc(-c2ncc(CCC(=C(c3ccc(C=CC(=O)O)cc3)c3cccc(-c4cscn4)c3)c3ccccc3)s2)c1)c1ccccc1. The van der Waals surface area contributed by atoms with Crippen molar-refractivity contribution in [2.75, 3.05) is 0 Å². The van der Waals surface area contributed by atoms with Crippen LogP contribution in [0.3, 0.4) is 0 Å². The minimum Gasteiger partial charge on any atom is -0.478 e. The number of aryl methyl sites for hydroxylation is 1. The van der Waals surface area contributed by atoms with Crippen LogP contribution in [-0.4, -0.2) is 32.1 Å². The minimum atomic E-state index is -0.986. The molecule has 0 saturated carbocycles. The molecule has 0 saturated heterocycles. The van der Waals surface area contributed by atoms with Crippen molar-refractivity contribution in [3.63, 3.8) is 0 Å². The van der Waals surface area contributed by atoms with Crippen LogP contribution in [0.15, 0.2) is 187 Å². The Morgan fingerprint density at radius 3 is 1.61 bits per heavy atom. The minimum absolute atomic E-state index is 0.740. The number of nitrogens with zero attached hydrogens (tertiary/aromatic N) is 2. The number of carboxylic acids is 2. The van der Waals surface area contributed by atoms with Gasteiger partial charge in [-0.3, -0.25) is 0 Å². The molecule has 0 aliphatic carbocycles. The Kier molecular flexibility index (Phi) is 13.9. The highest BCUT2D eigenvalue weighted by Crippen LogP contribution is 2.40. The van der Waals surface area contributed by atoms with Gasteiger partial charge in [0, 0.05) is 39.7 Å². The van der Waals surface area contributed by atoms with E-state index in [-0.39, 0.29) is 0 Å². The molecule has 2 heterocycles. The third-order valence-electron chi connectivity index (χ3n) is 10.9. The molecule has 64 heavy (non-hydrogen) atoms. The first kappa shape index (κ1) is 43.1. The molecule has 0 aliphatic rings. The van der Waals surface area contributed by atoms with E-state index in [0.717, 1.165) is 114 Å². The molecule has 8 aromatic rings. The third kappa shape index (κ3) is 10.6. The summed E-state index contributed by atoms with van der Waals surface area (Å²) in [5.74, 6) is -1.97. The highest BCUT2D eigenvalue weighted by atomic mass is 32.1. The van der Waals surface area contributed by atoms with Gasteiger partial charge >= 0.3 is 11.9 Å². The van der Waals surface area contributed by atoms with E-state index in [2.05, 4.69) is 139 Å². The van der Waals surface area contributed by atoms with Gasteiger partial charge in [-0.05, 0) is 110 Å². The lowest BCUT2D eigenvalue weighted by Crippen LogP contribution is -1.98. The number of thiazole rings is 2. The molecule has 0 radical (unpaired) electrons. The summed E-state index contributed by atoms with van der Waals surface area (Å²) in [6, 6.07) is 54.2. The molecule has 6 nitrogen and oxygen atoms in total. The van der Waals surface area contributed by atoms with Crippen molar-refractivity contribution in [3.8, 4) is 21.8 Å². The Morgan fingerprint density at radius 2 is 1.08 bits per heavy atom. The lowest BCUT2D eigenvalue weighted by atomic mass is 9.86. The number of hydrogen-bond acceptors (Lipinski definition) is 6. The average molecular weight is 873 g/mol. The normalized spacial score (nSPS) is 12.3. The number of aromatic nitrogens is 2. The van der Waals surface area contributed by atoms with Gasteiger partial charge < -0.3 is 10.2 Å². The Morgan fingerprint density at radius 1 is 0.562 bits per heavy atom. The summed E-state index contributed by atoms with van der Waals surface area (Å²) in [5, 5.41) is 21.4. The van der Waals surface area contributed by atoms with E-state index < -0.39 is 11.9 Å². The molecular weight excluding hydrogens is 829 g/mol. The van der Waals surface area contributed by atoms with E-state index in [9.17, 15) is 19.8 Å². The standard InChI is InChI=1S/C56H44N2O4S2/c1-2-49(40-11-5-3-6-12-40)54(42-25-19-38(20-26-42)23-31-52(59)60)46-17-10-18-47(34-46)56-57-35-48(64-56)29-30-50(41-13-7-4-8-14-41)55(43-27-21-39(22-28-43)24-32-53(61)62)45-16-9-15-44(33-45)51-36-63-37-58-51/h3-28,31-37H,2,29-30H2,1H3,(H,59,60)(H,61,62). The van der Waals surface area contributed by atoms with E-state index in [0.29, 0.717) is 0 Å². The quantitative estimate of drug-likeness (QED) is 0.0741. The molecule has 8 heteroatoms. The molecule has 0 aliphatic heterocycles. The van der Waals surface area contributed by atoms with Gasteiger partial charge in [-0.2, -0.15) is 0 Å². The molecule has 314 valence electrons. The molecule has 0 atom stereocenters. The highest BCUT2D eigenvalue weighted by molar-refractivity contribution is 7.15. The fourth-order valence-electron chi connectivity index (χ4n) is 7.91. The van der Waals surface area contributed by atoms with Gasteiger partial charge in [-0.25, -0.2) is 19.6 Å². The molecule has 0 spiro atoms. The van der Waals surface area contributed by atoms with Gasteiger partial charge in [0.05, 0.1) is 11.2 Å². The summed E-state index contributed by atoms with van der Waals surface area (Å²) in [4.78, 5) is 33.2. The van der Waals surface area contributed by atoms with Crippen molar-refractivity contribution in [2.45, 2.75) is 26.2 Å². The molecule has 2 aromatic heterocycles. The Bertz CT molecular complexity index is 3000. The number of carbonyl (C=O) groups is 2. The summed E-state index contributed by atoms with van der Waals surface area (Å²) in [7, 11) is 0. The average Bonchev–Trinajstić information content (AvgIpc) is 4.06. The molecule has 0 bridgehead atoms. The van der Waals surface area contributed by atoms with Crippen LogP contribution in [0.1, 0.15) is 69.2 Å². The van der Waals surface area contributed by atoms with Crippen molar-refractivity contribution >= 4 is 69.1 Å². The van der Waals surface area contributed by atoms with Crippen LogP contribution in [0, 0.1) is 0 Å². The van der Waals surface area contributed by atoms with Crippen LogP contribution in [-0.2, 0) is 16.0 Å². The molecule has 2 N–H and O–H groups in total.